The molecular formula is C22H20BrNO8S2. The first-order valence-corrected chi connectivity index (χ1v) is 13.1. The molecule has 0 saturated carbocycles. The first kappa shape index (κ1) is 25.7. The summed E-state index contributed by atoms with van der Waals surface area (Å²) in [5.41, 5.74) is 0.313. The van der Waals surface area contributed by atoms with E-state index in [1.165, 1.54) is 24.3 Å². The number of thiophene rings is 1. The van der Waals surface area contributed by atoms with Crippen molar-refractivity contribution in [3.05, 3.63) is 62.6 Å². The molecule has 0 aliphatic rings. The van der Waals surface area contributed by atoms with Gasteiger partial charge in [-0.1, -0.05) is 15.9 Å². The van der Waals surface area contributed by atoms with Crippen LogP contribution in [0.2, 0.25) is 0 Å². The molecule has 12 heteroatoms. The van der Waals surface area contributed by atoms with Crippen molar-refractivity contribution in [3.8, 4) is 0 Å². The van der Waals surface area contributed by atoms with Crippen LogP contribution < -0.4 is 5.32 Å². The van der Waals surface area contributed by atoms with Gasteiger partial charge in [-0.15, -0.1) is 11.3 Å². The second-order valence-electron chi connectivity index (χ2n) is 6.73. The van der Waals surface area contributed by atoms with Crippen molar-refractivity contribution in [2.45, 2.75) is 30.8 Å². The van der Waals surface area contributed by atoms with Gasteiger partial charge in [0.05, 0.1) is 23.7 Å². The third-order valence-electron chi connectivity index (χ3n) is 4.51. The van der Waals surface area contributed by atoms with E-state index in [-0.39, 0.29) is 39.3 Å². The molecule has 1 aromatic carbocycles. The van der Waals surface area contributed by atoms with E-state index in [9.17, 15) is 22.8 Å². The van der Waals surface area contributed by atoms with E-state index in [2.05, 4.69) is 21.2 Å². The Morgan fingerprint density at radius 2 is 1.62 bits per heavy atom. The number of sulfone groups is 1. The number of halogens is 1. The lowest BCUT2D eigenvalue weighted by Gasteiger charge is -2.06. The van der Waals surface area contributed by atoms with Crippen molar-refractivity contribution in [1.29, 1.82) is 0 Å². The monoisotopic (exact) mass is 569 g/mol. The minimum atomic E-state index is -3.99. The maximum Gasteiger partial charge on any atom is 0.348 e. The average Bonchev–Trinajstić information content (AvgIpc) is 3.40. The van der Waals surface area contributed by atoms with E-state index in [4.69, 9.17) is 13.9 Å². The Balaban J connectivity index is 1.92. The number of ether oxygens (including phenoxy) is 2. The standard InChI is InChI=1S/C22H20BrNO8S2/c1-4-30-21(26)17-12(3)18(22(27)31-5-2)33-20(17)24-19(25)15-10-11-16(32-15)34(28,29)14-8-6-13(23)7-9-14/h6-11H,4-5H2,1-3H3,(H,24,25). The minimum absolute atomic E-state index is 0.00503. The summed E-state index contributed by atoms with van der Waals surface area (Å²) in [6.07, 6.45) is 0. The summed E-state index contributed by atoms with van der Waals surface area (Å²) in [7, 11) is -3.99. The molecule has 2 aromatic heterocycles. The molecule has 0 saturated heterocycles. The second kappa shape index (κ2) is 10.5. The Morgan fingerprint density at radius 3 is 2.24 bits per heavy atom. The molecule has 0 atom stereocenters. The molecule has 1 amide bonds. The molecule has 0 radical (unpaired) electrons. The number of furan rings is 1. The quantitative estimate of drug-likeness (QED) is 0.381. The van der Waals surface area contributed by atoms with Crippen LogP contribution in [0.4, 0.5) is 5.00 Å². The highest BCUT2D eigenvalue weighted by Gasteiger charge is 2.29. The van der Waals surface area contributed by atoms with Crippen LogP contribution in [0.3, 0.4) is 0 Å². The highest BCUT2D eigenvalue weighted by molar-refractivity contribution is 9.10. The Kier molecular flexibility index (Phi) is 7.95. The Morgan fingerprint density at radius 1 is 1.00 bits per heavy atom. The van der Waals surface area contributed by atoms with Crippen molar-refractivity contribution >= 4 is 60.0 Å². The minimum Gasteiger partial charge on any atom is -0.462 e. The molecule has 0 bridgehead atoms. The van der Waals surface area contributed by atoms with Crippen molar-refractivity contribution in [1.82, 2.24) is 0 Å². The maximum absolute atomic E-state index is 12.8. The summed E-state index contributed by atoms with van der Waals surface area (Å²) in [6, 6.07) is 8.32. The summed E-state index contributed by atoms with van der Waals surface area (Å²) in [5.74, 6) is -2.47. The van der Waals surface area contributed by atoms with E-state index in [1.807, 2.05) is 0 Å². The van der Waals surface area contributed by atoms with Gasteiger partial charge in [-0.05, 0) is 62.7 Å². The van der Waals surface area contributed by atoms with Crippen LogP contribution >= 0.6 is 27.3 Å². The molecule has 180 valence electrons. The molecular weight excluding hydrogens is 550 g/mol. The van der Waals surface area contributed by atoms with Crippen LogP contribution in [0.25, 0.3) is 0 Å². The number of anilines is 1. The first-order chi connectivity index (χ1) is 16.1. The average molecular weight is 570 g/mol. The summed E-state index contributed by atoms with van der Waals surface area (Å²) >= 11 is 4.09. The molecule has 0 spiro atoms. The van der Waals surface area contributed by atoms with Gasteiger partial charge in [0.25, 0.3) is 5.91 Å². The molecule has 0 aliphatic heterocycles. The van der Waals surface area contributed by atoms with Gasteiger partial charge in [0.2, 0.25) is 14.9 Å². The number of carbonyl (C=O) groups is 3. The third kappa shape index (κ3) is 5.24. The highest BCUT2D eigenvalue weighted by Crippen LogP contribution is 2.35. The Hall–Kier alpha value is -2.96. The third-order valence-corrected chi connectivity index (χ3v) is 7.87. The van der Waals surface area contributed by atoms with Crippen LogP contribution in [-0.2, 0) is 19.3 Å². The van der Waals surface area contributed by atoms with Crippen molar-refractivity contribution < 1.29 is 36.7 Å². The van der Waals surface area contributed by atoms with E-state index >= 15 is 0 Å². The lowest BCUT2D eigenvalue weighted by Crippen LogP contribution is -2.14. The summed E-state index contributed by atoms with van der Waals surface area (Å²) in [4.78, 5) is 37.7. The smallest absolute Gasteiger partial charge is 0.348 e. The Labute approximate surface area is 208 Å². The fraction of sp³-hybridized carbons (Fsp3) is 0.227. The number of amides is 1. The molecule has 2 heterocycles. The van der Waals surface area contributed by atoms with Crippen molar-refractivity contribution in [2.24, 2.45) is 0 Å². The van der Waals surface area contributed by atoms with Crippen LogP contribution in [0.1, 0.15) is 50.0 Å². The molecule has 3 rings (SSSR count). The fourth-order valence-corrected chi connectivity index (χ4v) is 5.44. The number of rotatable bonds is 8. The van der Waals surface area contributed by atoms with Crippen LogP contribution in [0.5, 0.6) is 0 Å². The van der Waals surface area contributed by atoms with Gasteiger partial charge >= 0.3 is 11.9 Å². The van der Waals surface area contributed by atoms with E-state index in [0.717, 1.165) is 11.3 Å². The predicted octanol–water partition coefficient (Wildman–Crippen LogP) is 4.85. The number of esters is 2. The number of benzene rings is 1. The molecule has 0 aliphatic carbocycles. The second-order valence-corrected chi connectivity index (χ2v) is 10.5. The SMILES string of the molecule is CCOC(=O)c1sc(NC(=O)c2ccc(S(=O)(=O)c3ccc(Br)cc3)o2)c(C(=O)OCC)c1C. The number of nitrogens with one attached hydrogen (secondary N) is 1. The van der Waals surface area contributed by atoms with Gasteiger partial charge in [0, 0.05) is 4.47 Å². The zero-order valence-electron chi connectivity index (χ0n) is 18.3. The van der Waals surface area contributed by atoms with Gasteiger partial charge in [0.1, 0.15) is 9.88 Å². The molecule has 0 fully saturated rings. The maximum atomic E-state index is 12.8. The van der Waals surface area contributed by atoms with Gasteiger partial charge < -0.3 is 19.2 Å². The van der Waals surface area contributed by atoms with Crippen LogP contribution in [0, 0.1) is 6.92 Å². The van der Waals surface area contributed by atoms with Crippen molar-refractivity contribution in [2.75, 3.05) is 18.5 Å². The normalized spacial score (nSPS) is 11.2. The lowest BCUT2D eigenvalue weighted by atomic mass is 10.1. The zero-order chi connectivity index (χ0) is 25.0. The summed E-state index contributed by atoms with van der Waals surface area (Å²) < 4.78 is 41.7. The molecule has 0 unspecified atom stereocenters. The molecule has 9 nitrogen and oxygen atoms in total. The first-order valence-electron chi connectivity index (χ1n) is 9.99. The van der Waals surface area contributed by atoms with Gasteiger partial charge in [-0.2, -0.15) is 0 Å². The van der Waals surface area contributed by atoms with Crippen LogP contribution in [0.15, 0.2) is 55.3 Å². The molecule has 34 heavy (non-hydrogen) atoms. The number of hydrogen-bond donors (Lipinski definition) is 1. The summed E-state index contributed by atoms with van der Waals surface area (Å²) in [5, 5.41) is 2.15. The highest BCUT2D eigenvalue weighted by atomic mass is 79.9. The van der Waals surface area contributed by atoms with E-state index < -0.39 is 32.8 Å². The fourth-order valence-electron chi connectivity index (χ4n) is 2.92. The number of hydrogen-bond acceptors (Lipinski definition) is 9. The summed E-state index contributed by atoms with van der Waals surface area (Å²) in [6.45, 7) is 5.04. The van der Waals surface area contributed by atoms with Gasteiger partial charge in [0.15, 0.2) is 5.76 Å². The van der Waals surface area contributed by atoms with Crippen molar-refractivity contribution in [3.63, 3.8) is 0 Å². The molecule has 1 N–H and O–H groups in total. The lowest BCUT2D eigenvalue weighted by molar-refractivity contribution is 0.0527. The van der Waals surface area contributed by atoms with E-state index in [0.29, 0.717) is 10.0 Å². The number of carbonyl (C=O) groups excluding carboxylic acids is 3. The largest absolute Gasteiger partial charge is 0.462 e. The van der Waals surface area contributed by atoms with Crippen LogP contribution in [-0.4, -0.2) is 39.5 Å². The zero-order valence-corrected chi connectivity index (χ0v) is 21.6. The Bertz CT molecular complexity index is 1340. The van der Waals surface area contributed by atoms with Gasteiger partial charge in [-0.25, -0.2) is 18.0 Å². The molecule has 3 aromatic rings. The predicted molar refractivity (Wildman–Crippen MR) is 127 cm³/mol. The van der Waals surface area contributed by atoms with E-state index in [1.54, 1.807) is 32.9 Å². The topological polar surface area (TPSA) is 129 Å². The van der Waals surface area contributed by atoms with Gasteiger partial charge in [-0.3, -0.25) is 4.79 Å².